The molecule has 0 amide bonds. The fourth-order valence-electron chi connectivity index (χ4n) is 9.23. The Morgan fingerprint density at radius 3 is 2.70 bits per heavy atom. The lowest BCUT2D eigenvalue weighted by atomic mass is 9.60. The summed E-state index contributed by atoms with van der Waals surface area (Å²) in [5, 5.41) is 23.6. The summed E-state index contributed by atoms with van der Waals surface area (Å²) in [6.07, 6.45) is 3.84. The molecule has 0 aromatic heterocycles. The van der Waals surface area contributed by atoms with Crippen LogP contribution in [0.25, 0.3) is 0 Å². The summed E-state index contributed by atoms with van der Waals surface area (Å²) in [6, 6.07) is 9.97. The van der Waals surface area contributed by atoms with Gasteiger partial charge in [0, 0.05) is 37.4 Å². The third kappa shape index (κ3) is 1.51. The number of quaternary nitrogens is 1. The summed E-state index contributed by atoms with van der Waals surface area (Å²) in [7, 11) is 2.23. The molecule has 5 aliphatic heterocycles. The number of hydrogen-bond donors (Lipinski definition) is 2. The van der Waals surface area contributed by atoms with Crippen LogP contribution in [0.2, 0.25) is 0 Å². The predicted octanol–water partition coefficient (Wildman–Crippen LogP) is 2.48. The maximum Gasteiger partial charge on any atom is 0.194 e. The van der Waals surface area contributed by atoms with E-state index < -0.39 is 0 Å². The van der Waals surface area contributed by atoms with Gasteiger partial charge in [0.1, 0.15) is 6.04 Å². The predicted molar refractivity (Wildman–Crippen MR) is 105 cm³/mol. The normalized spacial score (nSPS) is 53.7. The van der Waals surface area contributed by atoms with Crippen molar-refractivity contribution in [1.29, 1.82) is 0 Å². The average molecular weight is 370 g/mol. The van der Waals surface area contributed by atoms with Gasteiger partial charge >= 0.3 is 0 Å². The Hall–Kier alpha value is -1.10. The van der Waals surface area contributed by atoms with E-state index in [2.05, 4.69) is 50.1 Å². The van der Waals surface area contributed by atoms with Gasteiger partial charge in [0.05, 0.1) is 30.1 Å². The average Bonchev–Trinajstić information content (AvgIpc) is 3.06. The van der Waals surface area contributed by atoms with Gasteiger partial charge in [-0.2, -0.15) is 0 Å². The van der Waals surface area contributed by atoms with Gasteiger partial charge in [0.2, 0.25) is 0 Å². The minimum absolute atomic E-state index is 0.127. The van der Waals surface area contributed by atoms with E-state index in [-0.39, 0.29) is 17.7 Å². The van der Waals surface area contributed by atoms with E-state index in [1.807, 2.05) is 0 Å². The van der Waals surface area contributed by atoms with Crippen LogP contribution in [0.1, 0.15) is 45.1 Å². The SMILES string of the molecule is CCC[N+]12C3CC45c6ccccc6N(C)[C@H]4[C@@H]1C[C@@H](C3[C@H]5O)C(CC)[C@H]2O. The van der Waals surface area contributed by atoms with Gasteiger partial charge in [0.25, 0.3) is 0 Å². The first-order chi connectivity index (χ1) is 13.0. The van der Waals surface area contributed by atoms with Crippen molar-refractivity contribution in [3.05, 3.63) is 29.8 Å². The van der Waals surface area contributed by atoms with Gasteiger partial charge in [-0.1, -0.05) is 32.0 Å². The second kappa shape index (κ2) is 5.08. The third-order valence-corrected chi connectivity index (χ3v) is 9.73. The zero-order valence-corrected chi connectivity index (χ0v) is 16.8. The van der Waals surface area contributed by atoms with Gasteiger partial charge in [-0.25, -0.2) is 0 Å². The van der Waals surface area contributed by atoms with Crippen LogP contribution in [0.4, 0.5) is 5.69 Å². The molecule has 1 aromatic carbocycles. The number of fused-ring (bicyclic) bond motifs is 2. The molecule has 5 heterocycles. The van der Waals surface area contributed by atoms with Crippen LogP contribution >= 0.6 is 0 Å². The monoisotopic (exact) mass is 369 g/mol. The maximum atomic E-state index is 11.9. The largest absolute Gasteiger partial charge is 0.392 e. The van der Waals surface area contributed by atoms with Crippen LogP contribution in [0.3, 0.4) is 0 Å². The quantitative estimate of drug-likeness (QED) is 0.805. The van der Waals surface area contributed by atoms with E-state index in [1.54, 1.807) is 0 Å². The fourth-order valence-corrected chi connectivity index (χ4v) is 9.23. The molecular formula is C23H33N2O2+. The Morgan fingerprint density at radius 1 is 1.19 bits per heavy atom. The molecule has 1 spiro atoms. The topological polar surface area (TPSA) is 43.7 Å². The Morgan fingerprint density at radius 2 is 1.96 bits per heavy atom. The first kappa shape index (κ1) is 16.8. The summed E-state index contributed by atoms with van der Waals surface area (Å²) >= 11 is 0. The van der Waals surface area contributed by atoms with Crippen molar-refractivity contribution in [2.24, 2.45) is 17.8 Å². The molecule has 5 unspecified atom stereocenters. The lowest BCUT2D eigenvalue weighted by Crippen LogP contribution is -2.83. The van der Waals surface area contributed by atoms with E-state index in [1.165, 1.54) is 17.7 Å². The van der Waals surface area contributed by atoms with E-state index in [0.717, 1.165) is 30.3 Å². The molecule has 1 saturated carbocycles. The smallest absolute Gasteiger partial charge is 0.194 e. The van der Waals surface area contributed by atoms with Crippen LogP contribution in [0, 0.1) is 17.8 Å². The molecule has 5 fully saturated rings. The van der Waals surface area contributed by atoms with Crippen LogP contribution in [0.5, 0.6) is 0 Å². The van der Waals surface area contributed by atoms with Gasteiger partial charge in [-0.3, -0.25) is 4.48 Å². The van der Waals surface area contributed by atoms with Crippen molar-refractivity contribution in [3.8, 4) is 0 Å². The summed E-state index contributed by atoms with van der Waals surface area (Å²) in [4.78, 5) is 2.48. The molecule has 4 nitrogen and oxygen atoms in total. The summed E-state index contributed by atoms with van der Waals surface area (Å²) in [5.41, 5.74) is 2.56. The molecule has 146 valence electrons. The minimum atomic E-state index is -0.271. The molecule has 10 atom stereocenters. The lowest BCUT2D eigenvalue weighted by Gasteiger charge is -2.68. The number of rotatable bonds is 3. The molecular weight excluding hydrogens is 336 g/mol. The minimum Gasteiger partial charge on any atom is -0.392 e. The summed E-state index contributed by atoms with van der Waals surface area (Å²) < 4.78 is 0.873. The molecule has 0 radical (unpaired) electrons. The first-order valence-corrected chi connectivity index (χ1v) is 11.1. The molecule has 5 bridgehead atoms. The molecule has 7 rings (SSSR count). The molecule has 6 aliphatic rings. The van der Waals surface area contributed by atoms with Crippen LogP contribution < -0.4 is 4.90 Å². The number of piperidine rings is 4. The van der Waals surface area contributed by atoms with Crippen molar-refractivity contribution >= 4 is 5.69 Å². The fraction of sp³-hybridized carbons (Fsp3) is 0.739. The van der Waals surface area contributed by atoms with Gasteiger partial charge in [0.15, 0.2) is 6.23 Å². The Balaban J connectivity index is 1.62. The highest BCUT2D eigenvalue weighted by Crippen LogP contribution is 2.71. The van der Waals surface area contributed by atoms with Crippen molar-refractivity contribution in [3.63, 3.8) is 0 Å². The van der Waals surface area contributed by atoms with E-state index in [9.17, 15) is 10.2 Å². The zero-order valence-electron chi connectivity index (χ0n) is 16.8. The van der Waals surface area contributed by atoms with Crippen LogP contribution in [0.15, 0.2) is 24.3 Å². The summed E-state index contributed by atoms with van der Waals surface area (Å²) in [6.45, 7) is 5.56. The lowest BCUT2D eigenvalue weighted by molar-refractivity contribution is -1.04. The molecule has 2 N–H and O–H groups in total. The third-order valence-electron chi connectivity index (χ3n) is 9.73. The number of anilines is 1. The number of benzene rings is 1. The number of likely N-dealkylation sites (N-methyl/N-ethyl adjacent to an activating group) is 1. The molecule has 4 heteroatoms. The highest BCUT2D eigenvalue weighted by molar-refractivity contribution is 5.66. The first-order valence-electron chi connectivity index (χ1n) is 11.1. The Bertz CT molecular complexity index is 798. The number of nitrogens with zero attached hydrogens (tertiary/aromatic N) is 2. The highest BCUT2D eigenvalue weighted by Gasteiger charge is 2.82. The van der Waals surface area contributed by atoms with Gasteiger partial charge in [-0.05, 0) is 30.4 Å². The number of aliphatic hydroxyl groups excluding tert-OH is 2. The number of para-hydroxylation sites is 1. The second-order valence-corrected chi connectivity index (χ2v) is 10.1. The van der Waals surface area contributed by atoms with Crippen molar-refractivity contribution in [1.82, 2.24) is 0 Å². The van der Waals surface area contributed by atoms with Crippen molar-refractivity contribution in [2.45, 2.75) is 75.4 Å². The summed E-state index contributed by atoms with van der Waals surface area (Å²) in [5.74, 6) is 1.18. The zero-order chi connectivity index (χ0) is 18.7. The molecule has 27 heavy (non-hydrogen) atoms. The molecule has 1 aromatic rings. The van der Waals surface area contributed by atoms with Crippen LogP contribution in [-0.2, 0) is 5.41 Å². The van der Waals surface area contributed by atoms with E-state index in [4.69, 9.17) is 0 Å². The standard InChI is InChI=1S/C23H33N2O2/c1-4-10-25-17-11-14(13(5-2)22(25)27)19-18(25)12-23(21(19)26)15-8-6-7-9-16(15)24(3)20(17)23/h6-9,13-14,17-22,26-27H,4-5,10-12H2,1-3H3/q+1/t13?,14-,17+,18?,19?,20+,21-,22-,23?,25?/m1/s1. The Kier molecular flexibility index (Phi) is 3.17. The Labute approximate surface area is 162 Å². The maximum absolute atomic E-state index is 11.9. The number of aliphatic hydroxyl groups is 2. The van der Waals surface area contributed by atoms with E-state index >= 15 is 0 Å². The van der Waals surface area contributed by atoms with Gasteiger partial charge in [-0.15, -0.1) is 0 Å². The van der Waals surface area contributed by atoms with Crippen molar-refractivity contribution in [2.75, 3.05) is 18.5 Å². The molecule has 4 saturated heterocycles. The highest BCUT2D eigenvalue weighted by atomic mass is 16.3. The van der Waals surface area contributed by atoms with Crippen molar-refractivity contribution < 1.29 is 14.7 Å². The number of hydrogen-bond acceptors (Lipinski definition) is 3. The molecule has 1 aliphatic carbocycles. The van der Waals surface area contributed by atoms with Gasteiger partial charge < -0.3 is 15.1 Å². The van der Waals surface area contributed by atoms with E-state index in [0.29, 0.717) is 35.9 Å². The van der Waals surface area contributed by atoms with Crippen LogP contribution in [-0.4, -0.2) is 58.7 Å². The second-order valence-electron chi connectivity index (χ2n) is 10.1.